The smallest absolute Gasteiger partial charge is 0.231 e. The van der Waals surface area contributed by atoms with Gasteiger partial charge in [0.2, 0.25) is 5.91 Å². The van der Waals surface area contributed by atoms with Crippen LogP contribution < -0.4 is 10.6 Å². The predicted molar refractivity (Wildman–Crippen MR) is 85.6 cm³/mol. The summed E-state index contributed by atoms with van der Waals surface area (Å²) in [6.45, 7) is 3.51. The van der Waals surface area contributed by atoms with E-state index >= 15 is 0 Å². The third-order valence-electron chi connectivity index (χ3n) is 3.67. The van der Waals surface area contributed by atoms with Crippen molar-refractivity contribution in [1.29, 1.82) is 0 Å². The highest BCUT2D eigenvalue weighted by molar-refractivity contribution is 7.90. The van der Waals surface area contributed by atoms with Crippen molar-refractivity contribution in [2.45, 2.75) is 24.7 Å². The van der Waals surface area contributed by atoms with Crippen molar-refractivity contribution >= 4 is 33.8 Å². The van der Waals surface area contributed by atoms with Gasteiger partial charge in [-0.1, -0.05) is 6.07 Å². The molecule has 21 heavy (non-hydrogen) atoms. The molecular formula is C14H21ClN2O3S. The first-order valence-electron chi connectivity index (χ1n) is 6.64. The Kier molecular flexibility index (Phi) is 5.78. The summed E-state index contributed by atoms with van der Waals surface area (Å²) >= 11 is 0. The fourth-order valence-electron chi connectivity index (χ4n) is 2.34. The lowest BCUT2D eigenvalue weighted by atomic mass is 9.82. The molecule has 1 atom stereocenters. The lowest BCUT2D eigenvalue weighted by Gasteiger charge is -2.32. The summed E-state index contributed by atoms with van der Waals surface area (Å²) in [4.78, 5) is 12.6. The molecule has 0 aliphatic carbocycles. The van der Waals surface area contributed by atoms with E-state index in [0.717, 1.165) is 25.6 Å². The normalized spacial score (nSPS) is 22.2. The zero-order valence-electron chi connectivity index (χ0n) is 12.2. The summed E-state index contributed by atoms with van der Waals surface area (Å²) in [6, 6.07) is 6.35. The van der Waals surface area contributed by atoms with Crippen molar-refractivity contribution in [3.63, 3.8) is 0 Å². The van der Waals surface area contributed by atoms with Crippen LogP contribution in [-0.2, 0) is 14.6 Å². The number of sulfone groups is 1. The minimum absolute atomic E-state index is 0. The van der Waals surface area contributed by atoms with Gasteiger partial charge >= 0.3 is 0 Å². The van der Waals surface area contributed by atoms with Crippen molar-refractivity contribution in [3.8, 4) is 0 Å². The van der Waals surface area contributed by atoms with Gasteiger partial charge in [0.15, 0.2) is 9.84 Å². The first-order chi connectivity index (χ1) is 9.31. The standard InChI is InChI=1S/C14H20N2O3S.ClH/c1-14(7-4-8-15-10-14)13(17)16-11-5-3-6-12(9-11)20(2,18)19;/h3,5-6,9,15H,4,7-8,10H2,1-2H3,(H,16,17);1H. The number of halogens is 1. The molecule has 1 aromatic rings. The molecule has 2 N–H and O–H groups in total. The van der Waals surface area contributed by atoms with Crippen molar-refractivity contribution in [1.82, 2.24) is 5.32 Å². The van der Waals surface area contributed by atoms with Crippen molar-refractivity contribution in [2.75, 3.05) is 24.7 Å². The summed E-state index contributed by atoms with van der Waals surface area (Å²) in [5.41, 5.74) is 0.0732. The zero-order chi connectivity index (χ0) is 14.8. The number of hydrogen-bond donors (Lipinski definition) is 2. The Hall–Kier alpha value is -1.11. The van der Waals surface area contributed by atoms with E-state index in [-0.39, 0.29) is 23.2 Å². The molecule has 7 heteroatoms. The number of nitrogens with one attached hydrogen (secondary N) is 2. The number of benzene rings is 1. The van der Waals surface area contributed by atoms with Gasteiger partial charge in [0, 0.05) is 18.5 Å². The second-order valence-electron chi connectivity index (χ2n) is 5.60. The Labute approximate surface area is 131 Å². The van der Waals surface area contributed by atoms with E-state index in [1.807, 2.05) is 6.92 Å². The molecule has 0 spiro atoms. The summed E-state index contributed by atoms with van der Waals surface area (Å²) in [5.74, 6) is -0.0737. The molecule has 5 nitrogen and oxygen atoms in total. The van der Waals surface area contributed by atoms with Crippen LogP contribution in [0.2, 0.25) is 0 Å². The second-order valence-corrected chi connectivity index (χ2v) is 7.61. The highest BCUT2D eigenvalue weighted by atomic mass is 35.5. The van der Waals surface area contributed by atoms with Crippen molar-refractivity contribution < 1.29 is 13.2 Å². The predicted octanol–water partition coefficient (Wildman–Crippen LogP) is 1.84. The molecule has 0 aromatic heterocycles. The van der Waals surface area contributed by atoms with Gasteiger partial charge in [-0.25, -0.2) is 8.42 Å². The summed E-state index contributed by atoms with van der Waals surface area (Å²) < 4.78 is 23.0. The minimum Gasteiger partial charge on any atom is -0.326 e. The van der Waals surface area contributed by atoms with Crippen LogP contribution in [-0.4, -0.2) is 33.7 Å². The zero-order valence-corrected chi connectivity index (χ0v) is 13.8. The Morgan fingerprint density at radius 1 is 1.38 bits per heavy atom. The number of rotatable bonds is 3. The lowest BCUT2D eigenvalue weighted by Crippen LogP contribution is -2.46. The SMILES string of the molecule is CC1(C(=O)Nc2cccc(S(C)(=O)=O)c2)CCCNC1.Cl. The van der Waals surface area contributed by atoms with Gasteiger partial charge in [0.25, 0.3) is 0 Å². The largest absolute Gasteiger partial charge is 0.326 e. The van der Waals surface area contributed by atoms with Crippen LogP contribution >= 0.6 is 12.4 Å². The molecule has 0 saturated carbocycles. The van der Waals surface area contributed by atoms with Gasteiger partial charge in [0.1, 0.15) is 0 Å². The number of hydrogen-bond acceptors (Lipinski definition) is 4. The average molecular weight is 333 g/mol. The van der Waals surface area contributed by atoms with Gasteiger partial charge in [-0.3, -0.25) is 4.79 Å². The maximum atomic E-state index is 12.3. The molecule has 0 bridgehead atoms. The third-order valence-corrected chi connectivity index (χ3v) is 4.78. The number of carbonyl (C=O) groups is 1. The van der Waals surface area contributed by atoms with E-state index in [1.54, 1.807) is 12.1 Å². The molecule has 0 radical (unpaired) electrons. The second kappa shape index (κ2) is 6.77. The van der Waals surface area contributed by atoms with E-state index in [2.05, 4.69) is 10.6 Å². The molecule has 1 unspecified atom stereocenters. The van der Waals surface area contributed by atoms with Gasteiger partial charge < -0.3 is 10.6 Å². The lowest BCUT2D eigenvalue weighted by molar-refractivity contribution is -0.125. The van der Waals surface area contributed by atoms with Gasteiger partial charge in [-0.05, 0) is 44.5 Å². The average Bonchev–Trinajstić information content (AvgIpc) is 2.39. The van der Waals surface area contributed by atoms with E-state index in [4.69, 9.17) is 0 Å². The highest BCUT2D eigenvalue weighted by Gasteiger charge is 2.34. The van der Waals surface area contributed by atoms with Crippen LogP contribution in [0, 0.1) is 5.41 Å². The topological polar surface area (TPSA) is 75.3 Å². The van der Waals surface area contributed by atoms with Gasteiger partial charge in [0.05, 0.1) is 10.3 Å². The molecular weight excluding hydrogens is 312 g/mol. The molecule has 1 aliphatic heterocycles. The van der Waals surface area contributed by atoms with Crippen LogP contribution in [0.15, 0.2) is 29.2 Å². The number of amides is 1. The quantitative estimate of drug-likeness (QED) is 0.885. The number of anilines is 1. The Morgan fingerprint density at radius 3 is 2.67 bits per heavy atom. The number of carbonyl (C=O) groups excluding carboxylic acids is 1. The van der Waals surface area contributed by atoms with Crippen molar-refractivity contribution in [2.24, 2.45) is 5.41 Å². The minimum atomic E-state index is -3.26. The first kappa shape index (κ1) is 17.9. The first-order valence-corrected chi connectivity index (χ1v) is 8.53. The van der Waals surface area contributed by atoms with E-state index in [9.17, 15) is 13.2 Å². The molecule has 1 heterocycles. The maximum Gasteiger partial charge on any atom is 0.231 e. The van der Waals surface area contributed by atoms with E-state index in [0.29, 0.717) is 12.2 Å². The molecule has 1 aliphatic rings. The monoisotopic (exact) mass is 332 g/mol. The number of piperidine rings is 1. The summed E-state index contributed by atoms with van der Waals surface area (Å²) in [7, 11) is -3.26. The molecule has 1 fully saturated rings. The Bertz CT molecular complexity index is 610. The summed E-state index contributed by atoms with van der Waals surface area (Å²) in [5, 5.41) is 6.04. The van der Waals surface area contributed by atoms with Gasteiger partial charge in [-0.2, -0.15) is 0 Å². The van der Waals surface area contributed by atoms with Crippen molar-refractivity contribution in [3.05, 3.63) is 24.3 Å². The van der Waals surface area contributed by atoms with Crippen LogP contribution in [0.25, 0.3) is 0 Å². The Morgan fingerprint density at radius 2 is 2.10 bits per heavy atom. The highest BCUT2D eigenvalue weighted by Crippen LogP contribution is 2.27. The van der Waals surface area contributed by atoms with E-state index < -0.39 is 15.3 Å². The Balaban J connectivity index is 0.00000220. The maximum absolute atomic E-state index is 12.3. The third kappa shape index (κ3) is 4.43. The van der Waals surface area contributed by atoms with Crippen LogP contribution in [0.5, 0.6) is 0 Å². The molecule has 1 amide bonds. The fourth-order valence-corrected chi connectivity index (χ4v) is 3.00. The summed E-state index contributed by atoms with van der Waals surface area (Å²) in [6.07, 6.45) is 2.95. The van der Waals surface area contributed by atoms with Crippen LogP contribution in [0.1, 0.15) is 19.8 Å². The van der Waals surface area contributed by atoms with Crippen LogP contribution in [0.3, 0.4) is 0 Å². The van der Waals surface area contributed by atoms with E-state index in [1.165, 1.54) is 12.1 Å². The fraction of sp³-hybridized carbons (Fsp3) is 0.500. The van der Waals surface area contributed by atoms with Gasteiger partial charge in [-0.15, -0.1) is 12.4 Å². The molecule has 1 saturated heterocycles. The van der Waals surface area contributed by atoms with Crippen LogP contribution in [0.4, 0.5) is 5.69 Å². The molecule has 1 aromatic carbocycles. The molecule has 118 valence electrons. The molecule has 2 rings (SSSR count).